The summed E-state index contributed by atoms with van der Waals surface area (Å²) in [4.78, 5) is 53.8. The number of carboxylic acids is 1. The Morgan fingerprint density at radius 2 is 2.00 bits per heavy atom. The number of esters is 1. The zero-order valence-electron chi connectivity index (χ0n) is 17.4. The summed E-state index contributed by atoms with van der Waals surface area (Å²) in [5.74, 6) is -3.73. The first-order chi connectivity index (χ1) is 15.8. The highest BCUT2D eigenvalue weighted by Gasteiger charge is 2.59. The molecule has 5 unspecified atom stereocenters. The number of rotatable bonds is 9. The maximum atomic E-state index is 13.6. The molecule has 7 N–H and O–H groups in total. The molecule has 1 aliphatic rings. The van der Waals surface area contributed by atoms with E-state index in [1.807, 2.05) is 0 Å². The number of fused-ring (bicyclic) bond motifs is 1. The van der Waals surface area contributed by atoms with Crippen LogP contribution in [0.5, 0.6) is 0 Å². The molecule has 18 heteroatoms. The van der Waals surface area contributed by atoms with Crippen molar-refractivity contribution in [3.63, 3.8) is 0 Å². The molecule has 0 spiro atoms. The lowest BCUT2D eigenvalue weighted by molar-refractivity contribution is -0.174. The number of aliphatic hydroxyl groups is 2. The molecule has 0 amide bonds. The first-order valence-electron chi connectivity index (χ1n) is 9.58. The lowest BCUT2D eigenvalue weighted by Crippen LogP contribution is -2.47. The lowest BCUT2D eigenvalue weighted by atomic mass is 10.1. The molecule has 16 nitrogen and oxygen atoms in total. The molecular weight excluding hydrogens is 488 g/mol. The maximum absolute atomic E-state index is 13.6. The minimum Gasteiger partial charge on any atom is -0.481 e. The second-order valence-electron chi connectivity index (χ2n) is 7.18. The third kappa shape index (κ3) is 4.58. The lowest BCUT2D eigenvalue weighted by Gasteiger charge is -2.31. The largest absolute Gasteiger partial charge is 0.481 e. The van der Waals surface area contributed by atoms with Crippen LogP contribution in [-0.4, -0.2) is 93.4 Å². The van der Waals surface area contributed by atoms with Gasteiger partial charge < -0.3 is 45.1 Å². The van der Waals surface area contributed by atoms with Crippen LogP contribution in [0.15, 0.2) is 6.33 Å². The number of aliphatic hydroxyl groups excluding tert-OH is 2. The molecule has 5 atom stereocenters. The number of hydrogen-bond donors (Lipinski definition) is 6. The molecule has 0 saturated carbocycles. The molecule has 3 heterocycles. The second-order valence-corrected chi connectivity index (χ2v) is 8.99. The predicted molar refractivity (Wildman–Crippen MR) is 105 cm³/mol. The smallest absolute Gasteiger partial charge is 0.369 e. The van der Waals surface area contributed by atoms with Crippen molar-refractivity contribution in [2.75, 3.05) is 18.9 Å². The van der Waals surface area contributed by atoms with Crippen LogP contribution in [0.4, 0.5) is 10.2 Å². The van der Waals surface area contributed by atoms with Crippen molar-refractivity contribution >= 4 is 36.5 Å². The standard InChI is InChI=1S/C16H21FN5O11P/c1-2-31-14(27)16(3-7(23)24,34(28,29)30)32-4-6-9(25)10(26)13(33-6)22-5-19-8-11(18)20-15(17)21-12(8)22/h5-6,9-10,13,25-26H,2-4H2,1H3,(H,23,24)(H2,18,20,21)(H2,28,29,30). The number of aromatic nitrogens is 4. The predicted octanol–water partition coefficient (Wildman–Crippen LogP) is -1.90. The van der Waals surface area contributed by atoms with E-state index in [1.54, 1.807) is 0 Å². The molecule has 34 heavy (non-hydrogen) atoms. The number of carboxylic acid groups (broad SMARTS) is 1. The summed E-state index contributed by atoms with van der Waals surface area (Å²) in [5, 5.41) is 26.7. The van der Waals surface area contributed by atoms with E-state index in [0.29, 0.717) is 0 Å². The molecule has 188 valence electrons. The fraction of sp³-hybridized carbons (Fsp3) is 0.562. The summed E-state index contributed by atoms with van der Waals surface area (Å²) < 4.78 is 41.9. The van der Waals surface area contributed by atoms with Gasteiger partial charge >= 0.3 is 25.6 Å². The van der Waals surface area contributed by atoms with Gasteiger partial charge in [-0.1, -0.05) is 0 Å². The first kappa shape index (κ1) is 25.8. The minimum atomic E-state index is -5.61. The molecular formula is C16H21FN5O11P. The fourth-order valence-corrected chi connectivity index (χ4v) is 4.24. The Balaban J connectivity index is 1.89. The van der Waals surface area contributed by atoms with Gasteiger partial charge in [0.2, 0.25) is 0 Å². The van der Waals surface area contributed by atoms with E-state index in [4.69, 9.17) is 20.3 Å². The summed E-state index contributed by atoms with van der Waals surface area (Å²) in [5.41, 5.74) is 5.36. The van der Waals surface area contributed by atoms with E-state index in [1.165, 1.54) is 6.92 Å². The zero-order valence-corrected chi connectivity index (χ0v) is 18.3. The summed E-state index contributed by atoms with van der Waals surface area (Å²) in [6, 6.07) is 0. The number of aliphatic carboxylic acids is 1. The molecule has 1 saturated heterocycles. The van der Waals surface area contributed by atoms with Crippen molar-refractivity contribution in [3.05, 3.63) is 12.4 Å². The Kier molecular flexibility index (Phi) is 7.18. The van der Waals surface area contributed by atoms with Crippen molar-refractivity contribution < 1.29 is 57.9 Å². The van der Waals surface area contributed by atoms with Crippen LogP contribution in [-0.2, 0) is 28.4 Å². The monoisotopic (exact) mass is 509 g/mol. The highest BCUT2D eigenvalue weighted by atomic mass is 31.2. The van der Waals surface area contributed by atoms with E-state index in [0.717, 1.165) is 10.9 Å². The number of nitrogens with two attached hydrogens (primary N) is 1. The average Bonchev–Trinajstić information content (AvgIpc) is 3.26. The van der Waals surface area contributed by atoms with Crippen molar-refractivity contribution in [3.8, 4) is 0 Å². The molecule has 2 aromatic heterocycles. The number of carbonyl (C=O) groups excluding carboxylic acids is 1. The van der Waals surface area contributed by atoms with Crippen LogP contribution in [0, 0.1) is 6.08 Å². The number of carbonyl (C=O) groups is 2. The number of ether oxygens (including phenoxy) is 3. The van der Waals surface area contributed by atoms with Gasteiger partial charge in [-0.3, -0.25) is 13.9 Å². The minimum absolute atomic E-state index is 0.0318. The molecule has 3 rings (SSSR count). The molecule has 1 fully saturated rings. The van der Waals surface area contributed by atoms with E-state index < -0.39 is 68.5 Å². The van der Waals surface area contributed by atoms with Gasteiger partial charge in [-0.25, -0.2) is 9.78 Å². The number of nitrogens with zero attached hydrogens (tertiary/aromatic N) is 4. The average molecular weight is 509 g/mol. The van der Waals surface area contributed by atoms with Crippen LogP contribution in [0.25, 0.3) is 11.2 Å². The molecule has 0 bridgehead atoms. The summed E-state index contributed by atoms with van der Waals surface area (Å²) in [6.07, 6.45) is -8.04. The summed E-state index contributed by atoms with van der Waals surface area (Å²) in [6.45, 7) is 0.0225. The van der Waals surface area contributed by atoms with Crippen molar-refractivity contribution in [1.29, 1.82) is 0 Å². The third-order valence-electron chi connectivity index (χ3n) is 4.97. The van der Waals surface area contributed by atoms with Gasteiger partial charge in [-0.2, -0.15) is 14.4 Å². The Morgan fingerprint density at radius 3 is 2.59 bits per heavy atom. The van der Waals surface area contributed by atoms with Crippen LogP contribution < -0.4 is 5.73 Å². The van der Waals surface area contributed by atoms with E-state index in [9.17, 15) is 38.5 Å². The maximum Gasteiger partial charge on any atom is 0.369 e. The number of nitrogen functional groups attached to an aromatic ring is 1. The van der Waals surface area contributed by atoms with E-state index in [2.05, 4.69) is 19.7 Å². The van der Waals surface area contributed by atoms with Crippen LogP contribution in [0.3, 0.4) is 0 Å². The zero-order chi connectivity index (χ0) is 25.4. The highest BCUT2D eigenvalue weighted by molar-refractivity contribution is 7.54. The van der Waals surface area contributed by atoms with Gasteiger partial charge in [-0.05, 0) is 6.92 Å². The number of halogens is 1. The van der Waals surface area contributed by atoms with Gasteiger partial charge in [0.1, 0.15) is 18.3 Å². The van der Waals surface area contributed by atoms with Gasteiger partial charge in [0.15, 0.2) is 23.2 Å². The van der Waals surface area contributed by atoms with Crippen LogP contribution in [0.2, 0.25) is 0 Å². The van der Waals surface area contributed by atoms with Gasteiger partial charge in [0, 0.05) is 0 Å². The van der Waals surface area contributed by atoms with Gasteiger partial charge in [0.25, 0.3) is 5.34 Å². The van der Waals surface area contributed by atoms with Crippen LogP contribution >= 0.6 is 7.60 Å². The Labute approximate surface area is 189 Å². The quantitative estimate of drug-likeness (QED) is 0.123. The SMILES string of the molecule is CCOC(=O)C(CC(=O)O)(OCC1OC(n2cnc3c(N)nc(F)nc32)C(O)C1O)P(=O)(O)O. The Bertz CT molecular complexity index is 1140. The van der Waals surface area contributed by atoms with Crippen molar-refractivity contribution in [2.45, 2.75) is 43.2 Å². The number of anilines is 1. The van der Waals surface area contributed by atoms with Gasteiger partial charge in [0.05, 0.1) is 26.0 Å². The molecule has 0 aliphatic carbocycles. The normalized spacial score (nSPS) is 24.8. The summed E-state index contributed by atoms with van der Waals surface area (Å²) >= 11 is 0. The molecule has 2 aromatic rings. The van der Waals surface area contributed by atoms with Crippen molar-refractivity contribution in [2.24, 2.45) is 0 Å². The highest BCUT2D eigenvalue weighted by Crippen LogP contribution is 2.54. The number of imidazole rings is 1. The van der Waals surface area contributed by atoms with E-state index in [-0.39, 0.29) is 23.6 Å². The first-order valence-corrected chi connectivity index (χ1v) is 11.2. The second kappa shape index (κ2) is 9.46. The van der Waals surface area contributed by atoms with Crippen molar-refractivity contribution in [1.82, 2.24) is 19.5 Å². The number of hydrogen-bond acceptors (Lipinski definition) is 12. The van der Waals surface area contributed by atoms with Crippen LogP contribution in [0.1, 0.15) is 19.6 Å². The Hall–Kier alpha value is -2.79. The van der Waals surface area contributed by atoms with E-state index >= 15 is 0 Å². The Morgan fingerprint density at radius 1 is 1.32 bits per heavy atom. The third-order valence-corrected chi connectivity index (χ3v) is 6.39. The van der Waals surface area contributed by atoms with Gasteiger partial charge in [-0.15, -0.1) is 0 Å². The topological polar surface area (TPSA) is 250 Å². The molecule has 0 radical (unpaired) electrons. The molecule has 1 aliphatic heterocycles. The summed E-state index contributed by atoms with van der Waals surface area (Å²) in [7, 11) is -5.61. The molecule has 0 aromatic carbocycles. The fourth-order valence-electron chi connectivity index (χ4n) is 3.35.